The lowest BCUT2D eigenvalue weighted by Gasteiger charge is -2.26. The Morgan fingerprint density at radius 3 is 2.48 bits per heavy atom. The van der Waals surface area contributed by atoms with Crippen LogP contribution in [0.2, 0.25) is 0 Å². The summed E-state index contributed by atoms with van der Waals surface area (Å²) in [6.07, 6.45) is 3.25. The van der Waals surface area contributed by atoms with E-state index in [4.69, 9.17) is 4.74 Å². The lowest BCUT2D eigenvalue weighted by Crippen LogP contribution is -2.36. The molecule has 0 saturated carbocycles. The van der Waals surface area contributed by atoms with Gasteiger partial charge < -0.3 is 15.0 Å². The van der Waals surface area contributed by atoms with E-state index in [1.807, 2.05) is 42.2 Å². The Morgan fingerprint density at radius 1 is 1.03 bits per heavy atom. The van der Waals surface area contributed by atoms with Crippen molar-refractivity contribution in [2.45, 2.75) is 33.1 Å². The van der Waals surface area contributed by atoms with E-state index in [1.165, 1.54) is 6.42 Å². The van der Waals surface area contributed by atoms with Crippen molar-refractivity contribution < 1.29 is 14.3 Å². The summed E-state index contributed by atoms with van der Waals surface area (Å²) < 4.78 is 5.05. The van der Waals surface area contributed by atoms with Crippen LogP contribution in [0.1, 0.15) is 52.6 Å². The van der Waals surface area contributed by atoms with Crippen LogP contribution in [-0.2, 0) is 4.74 Å². The average Bonchev–Trinajstić information content (AvgIpc) is 2.80. The molecule has 0 spiro atoms. The maximum absolute atomic E-state index is 13.1. The Morgan fingerprint density at radius 2 is 1.77 bits per heavy atom. The van der Waals surface area contributed by atoms with Gasteiger partial charge in [-0.05, 0) is 75.6 Å². The molecule has 6 nitrogen and oxygen atoms in total. The van der Waals surface area contributed by atoms with E-state index in [2.05, 4.69) is 16.4 Å². The Labute approximate surface area is 182 Å². The van der Waals surface area contributed by atoms with Crippen molar-refractivity contribution in [1.82, 2.24) is 9.88 Å². The van der Waals surface area contributed by atoms with Crippen molar-refractivity contribution in [2.75, 3.05) is 25.0 Å². The molecule has 4 rings (SSSR count). The molecule has 0 aliphatic carbocycles. The number of anilines is 2. The number of benzene rings is 2. The van der Waals surface area contributed by atoms with Gasteiger partial charge in [-0.15, -0.1) is 0 Å². The van der Waals surface area contributed by atoms with E-state index in [0.29, 0.717) is 17.9 Å². The Hall–Kier alpha value is -3.41. The molecule has 6 heteroatoms. The van der Waals surface area contributed by atoms with Crippen LogP contribution in [-0.4, -0.2) is 41.5 Å². The average molecular weight is 418 g/mol. The highest BCUT2D eigenvalue weighted by atomic mass is 16.5. The van der Waals surface area contributed by atoms with Gasteiger partial charge in [-0.2, -0.15) is 0 Å². The van der Waals surface area contributed by atoms with Crippen molar-refractivity contribution in [3.05, 3.63) is 65.4 Å². The molecule has 0 radical (unpaired) electrons. The zero-order valence-corrected chi connectivity index (χ0v) is 18.0. The van der Waals surface area contributed by atoms with Gasteiger partial charge >= 0.3 is 5.97 Å². The van der Waals surface area contributed by atoms with Crippen molar-refractivity contribution >= 4 is 34.2 Å². The SMILES string of the molecule is CCOC(=O)c1ccc(Nc2cc(C(=O)N3CCCCC3)nc3ccc(C)cc23)cc1. The second-order valence-corrected chi connectivity index (χ2v) is 7.85. The number of hydrogen-bond acceptors (Lipinski definition) is 5. The quantitative estimate of drug-likeness (QED) is 0.586. The number of carbonyl (C=O) groups is 2. The number of amides is 1. The topological polar surface area (TPSA) is 71.5 Å². The molecule has 2 aromatic carbocycles. The third-order valence-electron chi connectivity index (χ3n) is 5.50. The van der Waals surface area contributed by atoms with Gasteiger partial charge in [0.1, 0.15) is 5.69 Å². The molecular weight excluding hydrogens is 390 g/mol. The fourth-order valence-electron chi connectivity index (χ4n) is 3.87. The molecule has 1 aliphatic heterocycles. The van der Waals surface area contributed by atoms with Gasteiger partial charge in [-0.3, -0.25) is 4.79 Å². The standard InChI is InChI=1S/C25H27N3O3/c1-3-31-25(30)18-8-10-19(11-9-18)26-22-16-23(24(29)28-13-5-4-6-14-28)27-21-12-7-17(2)15-20(21)22/h7-12,15-16H,3-6,13-14H2,1-2H3,(H,26,27). The van der Waals surface area contributed by atoms with Gasteiger partial charge in [0.15, 0.2) is 0 Å². The molecule has 0 atom stereocenters. The van der Waals surface area contributed by atoms with Crippen molar-refractivity contribution in [3.8, 4) is 0 Å². The van der Waals surface area contributed by atoms with Gasteiger partial charge in [0.05, 0.1) is 23.4 Å². The summed E-state index contributed by atoms with van der Waals surface area (Å²) >= 11 is 0. The van der Waals surface area contributed by atoms with E-state index in [9.17, 15) is 9.59 Å². The van der Waals surface area contributed by atoms with Gasteiger partial charge in [0, 0.05) is 24.2 Å². The second kappa shape index (κ2) is 9.16. The predicted molar refractivity (Wildman–Crippen MR) is 122 cm³/mol. The smallest absolute Gasteiger partial charge is 0.338 e. The predicted octanol–water partition coefficient (Wildman–Crippen LogP) is 5.09. The highest BCUT2D eigenvalue weighted by Gasteiger charge is 2.21. The summed E-state index contributed by atoms with van der Waals surface area (Å²) in [5, 5.41) is 4.36. The van der Waals surface area contributed by atoms with E-state index in [-0.39, 0.29) is 11.9 Å². The number of hydrogen-bond donors (Lipinski definition) is 1. The number of esters is 1. The molecule has 1 amide bonds. The van der Waals surface area contributed by atoms with Crippen molar-refractivity contribution in [1.29, 1.82) is 0 Å². The third kappa shape index (κ3) is 4.68. The van der Waals surface area contributed by atoms with Crippen LogP contribution in [0.5, 0.6) is 0 Å². The van der Waals surface area contributed by atoms with Crippen LogP contribution in [0.3, 0.4) is 0 Å². The summed E-state index contributed by atoms with van der Waals surface area (Å²) in [5.41, 5.74) is 4.48. The first-order chi connectivity index (χ1) is 15.0. The first-order valence-electron chi connectivity index (χ1n) is 10.8. The summed E-state index contributed by atoms with van der Waals surface area (Å²) in [4.78, 5) is 31.5. The Bertz CT molecular complexity index is 1100. The summed E-state index contributed by atoms with van der Waals surface area (Å²) in [6.45, 7) is 5.72. The van der Waals surface area contributed by atoms with Gasteiger partial charge in [-0.25, -0.2) is 9.78 Å². The fourth-order valence-corrected chi connectivity index (χ4v) is 3.87. The summed E-state index contributed by atoms with van der Waals surface area (Å²) in [5.74, 6) is -0.365. The first-order valence-corrected chi connectivity index (χ1v) is 10.8. The summed E-state index contributed by atoms with van der Waals surface area (Å²) in [6, 6.07) is 15.0. The van der Waals surface area contributed by atoms with Crippen LogP contribution in [0.15, 0.2) is 48.5 Å². The number of ether oxygens (including phenoxy) is 1. The second-order valence-electron chi connectivity index (χ2n) is 7.85. The number of likely N-dealkylation sites (tertiary alicyclic amines) is 1. The number of fused-ring (bicyclic) bond motifs is 1. The van der Waals surface area contributed by atoms with Crippen molar-refractivity contribution in [3.63, 3.8) is 0 Å². The number of nitrogens with one attached hydrogen (secondary N) is 1. The molecule has 3 aromatic rings. The van der Waals surface area contributed by atoms with Crippen LogP contribution in [0.25, 0.3) is 10.9 Å². The third-order valence-corrected chi connectivity index (χ3v) is 5.50. The summed E-state index contributed by atoms with van der Waals surface area (Å²) in [7, 11) is 0. The van der Waals surface area contributed by atoms with E-state index >= 15 is 0 Å². The number of piperidine rings is 1. The van der Waals surface area contributed by atoms with E-state index in [0.717, 1.165) is 53.8 Å². The maximum atomic E-state index is 13.1. The Kier molecular flexibility index (Phi) is 6.16. The first kappa shape index (κ1) is 20.8. The zero-order chi connectivity index (χ0) is 21.8. The number of pyridine rings is 1. The minimum Gasteiger partial charge on any atom is -0.462 e. The Balaban J connectivity index is 1.67. The number of carbonyl (C=O) groups excluding carboxylic acids is 2. The molecule has 1 aromatic heterocycles. The van der Waals surface area contributed by atoms with E-state index in [1.54, 1.807) is 19.1 Å². The van der Waals surface area contributed by atoms with Crippen LogP contribution < -0.4 is 5.32 Å². The number of aryl methyl sites for hydroxylation is 1. The lowest BCUT2D eigenvalue weighted by atomic mass is 10.1. The number of aromatic nitrogens is 1. The van der Waals surface area contributed by atoms with Crippen LogP contribution in [0.4, 0.5) is 11.4 Å². The molecule has 0 unspecified atom stereocenters. The van der Waals surface area contributed by atoms with Gasteiger partial charge in [0.2, 0.25) is 0 Å². The minimum atomic E-state index is -0.339. The monoisotopic (exact) mass is 417 g/mol. The lowest BCUT2D eigenvalue weighted by molar-refractivity contribution is 0.0526. The minimum absolute atomic E-state index is 0.0251. The zero-order valence-electron chi connectivity index (χ0n) is 18.0. The fraction of sp³-hybridized carbons (Fsp3) is 0.320. The molecule has 0 bridgehead atoms. The van der Waals surface area contributed by atoms with Gasteiger partial charge in [-0.1, -0.05) is 11.6 Å². The normalized spacial score (nSPS) is 13.8. The molecule has 1 aliphatic rings. The van der Waals surface area contributed by atoms with Crippen LogP contribution in [0, 0.1) is 6.92 Å². The highest BCUT2D eigenvalue weighted by Crippen LogP contribution is 2.28. The molecular formula is C25H27N3O3. The maximum Gasteiger partial charge on any atom is 0.338 e. The van der Waals surface area contributed by atoms with E-state index < -0.39 is 0 Å². The molecule has 2 heterocycles. The molecule has 160 valence electrons. The van der Waals surface area contributed by atoms with Gasteiger partial charge in [0.25, 0.3) is 5.91 Å². The van der Waals surface area contributed by atoms with Crippen LogP contribution >= 0.6 is 0 Å². The molecule has 1 saturated heterocycles. The molecule has 1 N–H and O–H groups in total. The molecule has 1 fully saturated rings. The number of nitrogens with zero attached hydrogens (tertiary/aromatic N) is 2. The van der Waals surface area contributed by atoms with Crippen molar-refractivity contribution in [2.24, 2.45) is 0 Å². The number of rotatable bonds is 5. The highest BCUT2D eigenvalue weighted by molar-refractivity contribution is 6.01. The largest absolute Gasteiger partial charge is 0.462 e. The molecule has 31 heavy (non-hydrogen) atoms.